The minimum absolute atomic E-state index is 0.162. The Morgan fingerprint density at radius 3 is 2.68 bits per heavy atom. The number of benzene rings is 2. The number of nitrogens with one attached hydrogen (secondary N) is 1. The third-order valence-electron chi connectivity index (χ3n) is 4.27. The molecule has 0 atom stereocenters. The Kier molecular flexibility index (Phi) is 5.25. The molecule has 4 rings (SSSR count). The number of para-hydroxylation sites is 1. The topological polar surface area (TPSA) is 77.8 Å². The van der Waals surface area contributed by atoms with Crippen LogP contribution in [0.1, 0.15) is 23.9 Å². The largest absolute Gasteiger partial charge is 0.490 e. The number of amides is 1. The van der Waals surface area contributed by atoms with Gasteiger partial charge < -0.3 is 19.2 Å². The zero-order valence-corrected chi connectivity index (χ0v) is 16.1. The fourth-order valence-electron chi connectivity index (χ4n) is 2.98. The molecule has 6 nitrogen and oxygen atoms in total. The molecule has 0 radical (unpaired) electrons. The van der Waals surface area contributed by atoms with Crippen LogP contribution in [0.2, 0.25) is 0 Å². The molecule has 0 saturated heterocycles. The minimum atomic E-state index is -0.234. The van der Waals surface area contributed by atoms with Crippen LogP contribution in [0.3, 0.4) is 0 Å². The maximum Gasteiger partial charge on any atom is 0.234 e. The van der Waals surface area contributed by atoms with Crippen LogP contribution in [0.4, 0.5) is 5.69 Å². The van der Waals surface area contributed by atoms with Crippen molar-refractivity contribution in [3.8, 4) is 11.5 Å². The van der Waals surface area contributed by atoms with Gasteiger partial charge in [0.25, 0.3) is 0 Å². The van der Waals surface area contributed by atoms with Crippen molar-refractivity contribution in [2.24, 2.45) is 0 Å². The second-order valence-corrected chi connectivity index (χ2v) is 7.40. The summed E-state index contributed by atoms with van der Waals surface area (Å²) < 4.78 is 16.9. The molecule has 28 heavy (non-hydrogen) atoms. The summed E-state index contributed by atoms with van der Waals surface area (Å²) in [6.07, 6.45) is 0.844. The lowest BCUT2D eigenvalue weighted by Crippen LogP contribution is -2.15. The van der Waals surface area contributed by atoms with E-state index in [-0.39, 0.29) is 23.2 Å². The van der Waals surface area contributed by atoms with Crippen LogP contribution in [0.5, 0.6) is 11.5 Å². The van der Waals surface area contributed by atoms with Gasteiger partial charge in [-0.15, -0.1) is 11.8 Å². The number of furan rings is 1. The van der Waals surface area contributed by atoms with E-state index in [0.717, 1.165) is 17.1 Å². The SMILES string of the molecule is CC(=O)c1oc2ccccc2c1NC(=O)CSc1ccc2c(c1)OCCCO2. The van der Waals surface area contributed by atoms with Crippen LogP contribution in [0.25, 0.3) is 11.0 Å². The Hall–Kier alpha value is -2.93. The molecule has 0 bridgehead atoms. The molecule has 1 aliphatic heterocycles. The molecule has 3 aromatic rings. The van der Waals surface area contributed by atoms with Crippen LogP contribution in [0.15, 0.2) is 51.8 Å². The average Bonchev–Trinajstić information content (AvgIpc) is 2.89. The number of rotatable bonds is 5. The van der Waals surface area contributed by atoms with Crippen LogP contribution >= 0.6 is 11.8 Å². The average molecular weight is 397 g/mol. The van der Waals surface area contributed by atoms with Crippen LogP contribution in [-0.2, 0) is 4.79 Å². The molecule has 1 N–H and O–H groups in total. The normalized spacial score (nSPS) is 13.2. The zero-order valence-electron chi connectivity index (χ0n) is 15.3. The van der Waals surface area contributed by atoms with Crippen molar-refractivity contribution < 1.29 is 23.5 Å². The first-order valence-corrected chi connectivity index (χ1v) is 9.95. The Balaban J connectivity index is 1.47. The Labute approximate surface area is 166 Å². The zero-order chi connectivity index (χ0) is 19.5. The third-order valence-corrected chi connectivity index (χ3v) is 5.26. The van der Waals surface area contributed by atoms with Crippen molar-refractivity contribution in [2.45, 2.75) is 18.2 Å². The lowest BCUT2D eigenvalue weighted by Gasteiger charge is -2.09. The van der Waals surface area contributed by atoms with Crippen molar-refractivity contribution >= 4 is 40.1 Å². The lowest BCUT2D eigenvalue weighted by molar-refractivity contribution is -0.113. The highest BCUT2D eigenvalue weighted by molar-refractivity contribution is 8.00. The van der Waals surface area contributed by atoms with E-state index in [1.165, 1.54) is 18.7 Å². The molecule has 1 aliphatic rings. The molecule has 0 unspecified atom stereocenters. The van der Waals surface area contributed by atoms with Gasteiger partial charge in [-0.3, -0.25) is 9.59 Å². The van der Waals surface area contributed by atoms with Gasteiger partial charge in [-0.25, -0.2) is 0 Å². The molecule has 0 aliphatic carbocycles. The van der Waals surface area contributed by atoms with Gasteiger partial charge in [0.05, 0.1) is 24.7 Å². The summed E-state index contributed by atoms with van der Waals surface area (Å²) in [4.78, 5) is 25.3. The maximum absolute atomic E-state index is 12.5. The van der Waals surface area contributed by atoms with Crippen molar-refractivity contribution in [2.75, 3.05) is 24.3 Å². The Bertz CT molecular complexity index is 1040. The molecular formula is C21H19NO5S. The van der Waals surface area contributed by atoms with E-state index >= 15 is 0 Å². The standard InChI is InChI=1S/C21H19NO5S/c1-13(23)21-20(15-5-2-3-6-16(15)27-21)22-19(24)12-28-14-7-8-17-18(11-14)26-10-4-9-25-17/h2-3,5-8,11H,4,9-10,12H2,1H3,(H,22,24). The number of anilines is 1. The molecule has 1 aromatic heterocycles. The number of fused-ring (bicyclic) bond motifs is 2. The molecule has 2 heterocycles. The van der Waals surface area contributed by atoms with Crippen molar-refractivity contribution in [3.63, 3.8) is 0 Å². The quantitative estimate of drug-likeness (QED) is 0.504. The Morgan fingerprint density at radius 2 is 1.86 bits per heavy atom. The van der Waals surface area contributed by atoms with Gasteiger partial charge in [0.15, 0.2) is 23.0 Å². The number of thioether (sulfide) groups is 1. The van der Waals surface area contributed by atoms with E-state index in [4.69, 9.17) is 13.9 Å². The second kappa shape index (κ2) is 7.98. The summed E-state index contributed by atoms with van der Waals surface area (Å²) in [6.45, 7) is 2.67. The van der Waals surface area contributed by atoms with Gasteiger partial charge in [-0.1, -0.05) is 12.1 Å². The van der Waals surface area contributed by atoms with E-state index in [9.17, 15) is 9.59 Å². The molecule has 0 fully saturated rings. The fourth-order valence-corrected chi connectivity index (χ4v) is 3.70. The smallest absolute Gasteiger partial charge is 0.234 e. The summed E-state index contributed by atoms with van der Waals surface area (Å²) in [5.74, 6) is 1.32. The maximum atomic E-state index is 12.5. The second-order valence-electron chi connectivity index (χ2n) is 6.35. The predicted octanol–water partition coefficient (Wildman–Crippen LogP) is 4.53. The van der Waals surface area contributed by atoms with Gasteiger partial charge >= 0.3 is 0 Å². The fraction of sp³-hybridized carbons (Fsp3) is 0.238. The summed E-state index contributed by atoms with van der Waals surface area (Å²) >= 11 is 1.39. The van der Waals surface area contributed by atoms with Gasteiger partial charge in [0.2, 0.25) is 5.91 Å². The number of hydrogen-bond donors (Lipinski definition) is 1. The first-order valence-electron chi connectivity index (χ1n) is 8.96. The third kappa shape index (κ3) is 3.84. The van der Waals surface area contributed by atoms with Gasteiger partial charge in [0, 0.05) is 23.6 Å². The van der Waals surface area contributed by atoms with Crippen LogP contribution in [-0.4, -0.2) is 30.7 Å². The minimum Gasteiger partial charge on any atom is -0.490 e. The molecular weight excluding hydrogens is 378 g/mol. The summed E-state index contributed by atoms with van der Waals surface area (Å²) in [7, 11) is 0. The van der Waals surface area contributed by atoms with Gasteiger partial charge in [-0.05, 0) is 30.3 Å². The van der Waals surface area contributed by atoms with Crippen molar-refractivity contribution in [1.29, 1.82) is 0 Å². The van der Waals surface area contributed by atoms with E-state index in [0.29, 0.717) is 35.6 Å². The summed E-state index contributed by atoms with van der Waals surface area (Å²) in [6, 6.07) is 12.9. The first-order chi connectivity index (χ1) is 13.6. The van der Waals surface area contributed by atoms with Crippen molar-refractivity contribution in [1.82, 2.24) is 0 Å². The highest BCUT2D eigenvalue weighted by atomic mass is 32.2. The molecule has 0 saturated carbocycles. The molecule has 2 aromatic carbocycles. The van der Waals surface area contributed by atoms with Crippen LogP contribution < -0.4 is 14.8 Å². The number of Topliss-reactive ketones (excluding diaryl/α,β-unsaturated/α-hetero) is 1. The Morgan fingerprint density at radius 1 is 1.07 bits per heavy atom. The number of ketones is 1. The lowest BCUT2D eigenvalue weighted by atomic mass is 10.2. The molecule has 0 spiro atoms. The van der Waals surface area contributed by atoms with E-state index in [1.54, 1.807) is 6.07 Å². The molecule has 144 valence electrons. The number of ether oxygens (including phenoxy) is 2. The molecule has 7 heteroatoms. The first kappa shape index (κ1) is 18.4. The highest BCUT2D eigenvalue weighted by Gasteiger charge is 2.19. The summed E-state index contributed by atoms with van der Waals surface area (Å²) in [5.41, 5.74) is 0.992. The number of carbonyl (C=O) groups is 2. The summed E-state index contributed by atoms with van der Waals surface area (Å²) in [5, 5.41) is 3.54. The molecule has 1 amide bonds. The van der Waals surface area contributed by atoms with Crippen molar-refractivity contribution in [3.05, 3.63) is 48.2 Å². The van der Waals surface area contributed by atoms with E-state index in [2.05, 4.69) is 5.32 Å². The van der Waals surface area contributed by atoms with Gasteiger partial charge in [0.1, 0.15) is 5.58 Å². The van der Waals surface area contributed by atoms with E-state index in [1.807, 2.05) is 36.4 Å². The monoisotopic (exact) mass is 397 g/mol. The van der Waals surface area contributed by atoms with Gasteiger partial charge in [-0.2, -0.15) is 0 Å². The number of carbonyl (C=O) groups excluding carboxylic acids is 2. The van der Waals surface area contributed by atoms with Crippen LogP contribution in [0, 0.1) is 0 Å². The van der Waals surface area contributed by atoms with E-state index < -0.39 is 0 Å². The predicted molar refractivity (Wildman–Crippen MR) is 108 cm³/mol. The highest BCUT2D eigenvalue weighted by Crippen LogP contribution is 2.34. The number of hydrogen-bond acceptors (Lipinski definition) is 6.